The van der Waals surface area contributed by atoms with E-state index in [1.807, 2.05) is 42.5 Å². The molecule has 2 aliphatic heterocycles. The van der Waals surface area contributed by atoms with Crippen molar-refractivity contribution < 1.29 is 19.1 Å². The van der Waals surface area contributed by atoms with Gasteiger partial charge in [-0.2, -0.15) is 0 Å². The van der Waals surface area contributed by atoms with Crippen molar-refractivity contribution >= 4 is 80.1 Å². The van der Waals surface area contributed by atoms with Crippen molar-refractivity contribution in [1.82, 2.24) is 9.80 Å². The molecule has 2 saturated heterocycles. The number of halogens is 2. The fourth-order valence-corrected chi connectivity index (χ4v) is 6.84. The molecule has 0 saturated carbocycles. The minimum atomic E-state index is -0.410. The summed E-state index contributed by atoms with van der Waals surface area (Å²) in [5.41, 5.74) is 1.90. The average molecular weight is 702 g/mol. The van der Waals surface area contributed by atoms with Gasteiger partial charge in [-0.3, -0.25) is 19.3 Å². The van der Waals surface area contributed by atoms with E-state index in [-0.39, 0.29) is 12.5 Å². The first-order valence-corrected chi connectivity index (χ1v) is 14.1. The van der Waals surface area contributed by atoms with Crippen LogP contribution in [-0.2, 0) is 16.2 Å². The van der Waals surface area contributed by atoms with E-state index < -0.39 is 11.1 Å². The SMILES string of the molecule is O=C(CN1C(=O)SC(=Cc2cc(I)c(OCc3ccccc3)c(I)c2)C1=O)N1CCCCCC1. The van der Waals surface area contributed by atoms with Crippen molar-refractivity contribution in [3.8, 4) is 5.75 Å². The second kappa shape index (κ2) is 11.9. The van der Waals surface area contributed by atoms with Gasteiger partial charge in [0.2, 0.25) is 5.91 Å². The van der Waals surface area contributed by atoms with E-state index in [1.165, 1.54) is 0 Å². The number of hydrogen-bond acceptors (Lipinski definition) is 5. The highest BCUT2D eigenvalue weighted by Gasteiger charge is 2.37. The Balaban J connectivity index is 1.44. The van der Waals surface area contributed by atoms with Crippen molar-refractivity contribution in [2.45, 2.75) is 32.3 Å². The maximum Gasteiger partial charge on any atom is 0.294 e. The highest BCUT2D eigenvalue weighted by atomic mass is 127. The number of hydrogen-bond donors (Lipinski definition) is 0. The van der Waals surface area contributed by atoms with Crippen molar-refractivity contribution in [1.29, 1.82) is 0 Å². The molecule has 0 atom stereocenters. The topological polar surface area (TPSA) is 66.9 Å². The predicted molar refractivity (Wildman–Crippen MR) is 150 cm³/mol. The van der Waals surface area contributed by atoms with Crippen LogP contribution in [0.25, 0.3) is 6.08 Å². The summed E-state index contributed by atoms with van der Waals surface area (Å²) in [6.45, 7) is 1.67. The van der Waals surface area contributed by atoms with Crippen LogP contribution in [0.4, 0.5) is 4.79 Å². The summed E-state index contributed by atoms with van der Waals surface area (Å²) in [5.74, 6) is 0.223. The van der Waals surface area contributed by atoms with Gasteiger partial charge in [-0.15, -0.1) is 0 Å². The Morgan fingerprint density at radius 1 is 1.00 bits per heavy atom. The zero-order valence-corrected chi connectivity index (χ0v) is 23.6. The van der Waals surface area contributed by atoms with Gasteiger partial charge in [0, 0.05) is 13.1 Å². The molecule has 0 aliphatic carbocycles. The highest BCUT2D eigenvalue weighted by molar-refractivity contribution is 14.1. The van der Waals surface area contributed by atoms with E-state index in [1.54, 1.807) is 11.0 Å². The van der Waals surface area contributed by atoms with Crippen LogP contribution in [0.1, 0.15) is 36.8 Å². The molecular weight excluding hydrogens is 678 g/mol. The van der Waals surface area contributed by atoms with Crippen LogP contribution in [-0.4, -0.2) is 46.5 Å². The lowest BCUT2D eigenvalue weighted by Gasteiger charge is -2.22. The minimum absolute atomic E-state index is 0.158. The molecule has 0 unspecified atom stereocenters. The summed E-state index contributed by atoms with van der Waals surface area (Å²) in [6.07, 6.45) is 5.88. The first-order valence-electron chi connectivity index (χ1n) is 11.1. The van der Waals surface area contributed by atoms with Gasteiger partial charge in [0.25, 0.3) is 11.1 Å². The lowest BCUT2D eigenvalue weighted by atomic mass is 10.2. The van der Waals surface area contributed by atoms with Crippen molar-refractivity contribution in [3.05, 3.63) is 65.6 Å². The lowest BCUT2D eigenvalue weighted by Crippen LogP contribution is -2.42. The van der Waals surface area contributed by atoms with E-state index in [2.05, 4.69) is 45.2 Å². The number of imide groups is 1. The number of amides is 3. The zero-order chi connectivity index (χ0) is 24.1. The summed E-state index contributed by atoms with van der Waals surface area (Å²) in [5, 5.41) is -0.397. The standard InChI is InChI=1S/C25H24I2N2O4S/c26-19-12-18(13-20(27)23(19)33-16-17-8-4-3-5-9-17)14-21-24(31)29(25(32)34-21)15-22(30)28-10-6-1-2-7-11-28/h3-5,8-9,12-14H,1-2,6-7,10-11,15-16H2. The fourth-order valence-electron chi connectivity index (χ4n) is 3.87. The number of nitrogens with zero attached hydrogens (tertiary/aromatic N) is 2. The maximum absolute atomic E-state index is 12.9. The molecule has 2 aromatic carbocycles. The smallest absolute Gasteiger partial charge is 0.294 e. The normalized spacial score (nSPS) is 17.9. The monoisotopic (exact) mass is 702 g/mol. The molecule has 0 radical (unpaired) electrons. The van der Waals surface area contributed by atoms with Crippen molar-refractivity contribution in [2.75, 3.05) is 19.6 Å². The van der Waals surface area contributed by atoms with Gasteiger partial charge in [0.1, 0.15) is 18.9 Å². The number of likely N-dealkylation sites (tertiary alicyclic amines) is 1. The van der Waals surface area contributed by atoms with Crippen molar-refractivity contribution in [3.63, 3.8) is 0 Å². The Morgan fingerprint density at radius 2 is 1.65 bits per heavy atom. The molecule has 34 heavy (non-hydrogen) atoms. The number of benzene rings is 2. The van der Waals surface area contributed by atoms with E-state index >= 15 is 0 Å². The van der Waals surface area contributed by atoms with E-state index in [4.69, 9.17) is 4.74 Å². The van der Waals surface area contributed by atoms with Gasteiger partial charge >= 0.3 is 0 Å². The average Bonchev–Trinajstić information content (AvgIpc) is 3.01. The summed E-state index contributed by atoms with van der Waals surface area (Å²) in [7, 11) is 0. The summed E-state index contributed by atoms with van der Waals surface area (Å²) in [4.78, 5) is 41.3. The van der Waals surface area contributed by atoms with Gasteiger partial charge < -0.3 is 9.64 Å². The first-order chi connectivity index (χ1) is 16.4. The van der Waals surface area contributed by atoms with Crippen LogP contribution in [0.3, 0.4) is 0 Å². The largest absolute Gasteiger partial charge is 0.487 e. The Morgan fingerprint density at radius 3 is 2.29 bits per heavy atom. The third-order valence-corrected chi connectivity index (χ3v) is 8.18. The number of ether oxygens (including phenoxy) is 1. The molecule has 6 nitrogen and oxygen atoms in total. The van der Waals surface area contributed by atoms with Crippen LogP contribution in [0, 0.1) is 7.14 Å². The zero-order valence-electron chi connectivity index (χ0n) is 18.5. The Bertz CT molecular complexity index is 1090. The molecular formula is C25H24I2N2O4S. The predicted octanol–water partition coefficient (Wildman–Crippen LogP) is 5.91. The Kier molecular flexibility index (Phi) is 8.92. The minimum Gasteiger partial charge on any atom is -0.487 e. The highest BCUT2D eigenvalue weighted by Crippen LogP contribution is 2.35. The number of carbonyl (C=O) groups excluding carboxylic acids is 3. The Hall–Kier alpha value is -1.60. The molecule has 0 spiro atoms. The molecule has 178 valence electrons. The third-order valence-electron chi connectivity index (χ3n) is 5.67. The summed E-state index contributed by atoms with van der Waals surface area (Å²) < 4.78 is 7.87. The number of thioether (sulfide) groups is 1. The number of carbonyl (C=O) groups is 3. The van der Waals surface area contributed by atoms with E-state index in [9.17, 15) is 14.4 Å². The van der Waals surface area contributed by atoms with Gasteiger partial charge in [-0.1, -0.05) is 43.2 Å². The first kappa shape index (κ1) is 25.5. The molecule has 4 rings (SSSR count). The van der Waals surface area contributed by atoms with Crippen LogP contribution in [0.5, 0.6) is 5.75 Å². The molecule has 2 aliphatic rings. The van der Waals surface area contributed by atoms with Crippen LogP contribution in [0.15, 0.2) is 47.4 Å². The third kappa shape index (κ3) is 6.34. The van der Waals surface area contributed by atoms with Crippen molar-refractivity contribution in [2.24, 2.45) is 0 Å². The van der Waals surface area contributed by atoms with Gasteiger partial charge in [-0.25, -0.2) is 0 Å². The molecule has 2 heterocycles. The molecule has 0 bridgehead atoms. The van der Waals surface area contributed by atoms with Gasteiger partial charge in [0.05, 0.1) is 12.0 Å². The molecule has 0 N–H and O–H groups in total. The molecule has 2 fully saturated rings. The van der Waals surface area contributed by atoms with Crippen LogP contribution in [0.2, 0.25) is 0 Å². The molecule has 3 amide bonds. The summed E-state index contributed by atoms with van der Waals surface area (Å²) in [6, 6.07) is 13.8. The van der Waals surface area contributed by atoms with Crippen LogP contribution >= 0.6 is 56.9 Å². The van der Waals surface area contributed by atoms with Gasteiger partial charge in [0.15, 0.2) is 0 Å². The van der Waals surface area contributed by atoms with Gasteiger partial charge in [-0.05, 0) is 99.1 Å². The molecule has 0 aromatic heterocycles. The fraction of sp³-hybridized carbons (Fsp3) is 0.320. The van der Waals surface area contributed by atoms with Crippen LogP contribution < -0.4 is 4.74 Å². The van der Waals surface area contributed by atoms with E-state index in [0.717, 1.165) is 66.4 Å². The Labute approximate surface area is 230 Å². The molecule has 9 heteroatoms. The second-order valence-electron chi connectivity index (χ2n) is 8.15. The maximum atomic E-state index is 12.9. The summed E-state index contributed by atoms with van der Waals surface area (Å²) >= 11 is 5.32. The second-order valence-corrected chi connectivity index (χ2v) is 11.5. The van der Waals surface area contributed by atoms with E-state index in [0.29, 0.717) is 24.6 Å². The number of rotatable bonds is 6. The lowest BCUT2D eigenvalue weighted by molar-refractivity contribution is -0.135. The molecule has 2 aromatic rings. The quantitative estimate of drug-likeness (QED) is 0.277.